The van der Waals surface area contributed by atoms with Crippen molar-refractivity contribution in [2.75, 3.05) is 22.6 Å². The van der Waals surface area contributed by atoms with Crippen LogP contribution in [0, 0.1) is 5.82 Å². The number of carbonyl (C=O) groups is 2. The van der Waals surface area contributed by atoms with E-state index >= 15 is 0 Å². The summed E-state index contributed by atoms with van der Waals surface area (Å²) in [5.41, 5.74) is 2.69. The summed E-state index contributed by atoms with van der Waals surface area (Å²) >= 11 is 1.24. The van der Waals surface area contributed by atoms with Crippen LogP contribution in [0.25, 0.3) is 0 Å². The van der Waals surface area contributed by atoms with Gasteiger partial charge in [-0.1, -0.05) is 12.1 Å². The number of ether oxygens (including phenoxy) is 1. The topological polar surface area (TPSA) is 83.6 Å². The van der Waals surface area contributed by atoms with Gasteiger partial charge in [-0.05, 0) is 55.7 Å². The Morgan fingerprint density at radius 2 is 2.06 bits per heavy atom. The summed E-state index contributed by atoms with van der Waals surface area (Å²) in [5, 5.41) is 7.53. The van der Waals surface area contributed by atoms with Crippen LogP contribution in [0.1, 0.15) is 24.6 Å². The average molecular weight is 455 g/mol. The second-order valence-electron chi connectivity index (χ2n) is 7.52. The van der Waals surface area contributed by atoms with Gasteiger partial charge in [0.05, 0.1) is 24.9 Å². The Hall–Kier alpha value is -3.46. The highest BCUT2D eigenvalue weighted by molar-refractivity contribution is 7.14. The molecule has 0 radical (unpaired) electrons. The molecule has 3 aromatic rings. The van der Waals surface area contributed by atoms with E-state index in [0.717, 1.165) is 24.1 Å². The van der Waals surface area contributed by atoms with Crippen molar-refractivity contribution in [3.63, 3.8) is 0 Å². The van der Waals surface area contributed by atoms with Gasteiger partial charge in [0, 0.05) is 17.1 Å². The van der Waals surface area contributed by atoms with Crippen LogP contribution in [0.2, 0.25) is 0 Å². The van der Waals surface area contributed by atoms with Crippen molar-refractivity contribution in [1.82, 2.24) is 4.98 Å². The Kier molecular flexibility index (Phi) is 6.36. The first-order valence-corrected chi connectivity index (χ1v) is 11.1. The lowest BCUT2D eigenvalue weighted by molar-refractivity contribution is -0.118. The zero-order valence-corrected chi connectivity index (χ0v) is 18.5. The van der Waals surface area contributed by atoms with Crippen molar-refractivity contribution >= 4 is 39.8 Å². The fourth-order valence-corrected chi connectivity index (χ4v) is 4.49. The number of benzene rings is 2. The average Bonchev–Trinajstić information content (AvgIpc) is 3.20. The summed E-state index contributed by atoms with van der Waals surface area (Å²) in [4.78, 5) is 31.5. The SMILES string of the molecule is COc1ccccc1NC(=O)Nc1nc(CC(=O)N2c3ccc(F)cc3CCC2C)cs1. The molecule has 7 nitrogen and oxygen atoms in total. The number of thiazole rings is 1. The van der Waals surface area contributed by atoms with E-state index in [1.807, 2.05) is 13.0 Å². The van der Waals surface area contributed by atoms with E-state index < -0.39 is 6.03 Å². The van der Waals surface area contributed by atoms with Gasteiger partial charge in [0.25, 0.3) is 0 Å². The van der Waals surface area contributed by atoms with E-state index in [1.54, 1.807) is 34.5 Å². The molecule has 1 aliphatic heterocycles. The molecule has 2 N–H and O–H groups in total. The summed E-state index contributed by atoms with van der Waals surface area (Å²) in [5.74, 6) is 0.136. The fourth-order valence-electron chi connectivity index (χ4n) is 3.78. The molecule has 1 aromatic heterocycles. The maximum absolute atomic E-state index is 13.6. The predicted octanol–water partition coefficient (Wildman–Crippen LogP) is 4.85. The van der Waals surface area contributed by atoms with Crippen molar-refractivity contribution in [1.29, 1.82) is 0 Å². The van der Waals surface area contributed by atoms with Gasteiger partial charge in [0.1, 0.15) is 11.6 Å². The van der Waals surface area contributed by atoms with E-state index in [1.165, 1.54) is 30.6 Å². The molecular weight excluding hydrogens is 431 g/mol. The van der Waals surface area contributed by atoms with E-state index in [-0.39, 0.29) is 24.2 Å². The number of carbonyl (C=O) groups excluding carboxylic acids is 2. The Morgan fingerprint density at radius 3 is 2.88 bits per heavy atom. The number of para-hydroxylation sites is 2. The molecule has 0 aliphatic carbocycles. The zero-order valence-electron chi connectivity index (χ0n) is 17.7. The van der Waals surface area contributed by atoms with Gasteiger partial charge in [-0.15, -0.1) is 11.3 Å². The van der Waals surface area contributed by atoms with Gasteiger partial charge in [-0.25, -0.2) is 14.2 Å². The largest absolute Gasteiger partial charge is 0.495 e. The molecule has 32 heavy (non-hydrogen) atoms. The Balaban J connectivity index is 1.41. The highest BCUT2D eigenvalue weighted by Gasteiger charge is 2.29. The van der Waals surface area contributed by atoms with Gasteiger partial charge < -0.3 is 15.0 Å². The molecule has 0 bridgehead atoms. The van der Waals surface area contributed by atoms with Crippen molar-refractivity contribution in [2.24, 2.45) is 0 Å². The third-order valence-electron chi connectivity index (χ3n) is 5.30. The summed E-state index contributed by atoms with van der Waals surface area (Å²) in [6.07, 6.45) is 1.60. The summed E-state index contributed by atoms with van der Waals surface area (Å²) in [7, 11) is 1.53. The van der Waals surface area contributed by atoms with Crippen molar-refractivity contribution in [3.05, 3.63) is 64.9 Å². The summed E-state index contributed by atoms with van der Waals surface area (Å²) < 4.78 is 18.8. The van der Waals surface area contributed by atoms with Crippen LogP contribution in [-0.2, 0) is 17.6 Å². The van der Waals surface area contributed by atoms with Crippen LogP contribution in [0.4, 0.5) is 25.7 Å². The lowest BCUT2D eigenvalue weighted by atomic mass is 9.96. The predicted molar refractivity (Wildman–Crippen MR) is 123 cm³/mol. The van der Waals surface area contributed by atoms with Crippen molar-refractivity contribution in [3.8, 4) is 5.75 Å². The number of fused-ring (bicyclic) bond motifs is 1. The second kappa shape index (κ2) is 9.35. The molecule has 2 heterocycles. The minimum Gasteiger partial charge on any atom is -0.495 e. The Bertz CT molecular complexity index is 1150. The molecule has 9 heteroatoms. The maximum atomic E-state index is 13.6. The quantitative estimate of drug-likeness (QED) is 0.578. The Morgan fingerprint density at radius 1 is 1.25 bits per heavy atom. The Labute approximate surface area is 189 Å². The van der Waals surface area contributed by atoms with E-state index in [2.05, 4.69) is 15.6 Å². The lowest BCUT2D eigenvalue weighted by Crippen LogP contribution is -2.43. The number of nitrogens with one attached hydrogen (secondary N) is 2. The van der Waals surface area contributed by atoms with Crippen LogP contribution < -0.4 is 20.3 Å². The number of hydrogen-bond donors (Lipinski definition) is 2. The van der Waals surface area contributed by atoms with Crippen LogP contribution in [0.3, 0.4) is 0 Å². The van der Waals surface area contributed by atoms with Crippen LogP contribution in [0.5, 0.6) is 5.75 Å². The van der Waals surface area contributed by atoms with E-state index in [0.29, 0.717) is 22.3 Å². The van der Waals surface area contributed by atoms with Gasteiger partial charge in [-0.2, -0.15) is 0 Å². The number of hydrogen-bond acceptors (Lipinski definition) is 5. The molecular formula is C23H23FN4O3S. The monoisotopic (exact) mass is 454 g/mol. The normalized spacial score (nSPS) is 15.1. The molecule has 0 saturated heterocycles. The molecule has 4 rings (SSSR count). The summed E-state index contributed by atoms with van der Waals surface area (Å²) in [6.45, 7) is 1.99. The molecule has 166 valence electrons. The van der Waals surface area contributed by atoms with E-state index in [4.69, 9.17) is 4.74 Å². The minimum atomic E-state index is -0.456. The third kappa shape index (κ3) is 4.72. The lowest BCUT2D eigenvalue weighted by Gasteiger charge is -2.35. The molecule has 0 spiro atoms. The van der Waals surface area contributed by atoms with Crippen molar-refractivity contribution in [2.45, 2.75) is 32.2 Å². The fraction of sp³-hybridized carbons (Fsp3) is 0.261. The molecule has 1 unspecified atom stereocenters. The smallest absolute Gasteiger partial charge is 0.325 e. The summed E-state index contributed by atoms with van der Waals surface area (Å²) in [6, 6.07) is 11.2. The van der Waals surface area contributed by atoms with Crippen LogP contribution in [0.15, 0.2) is 47.8 Å². The van der Waals surface area contributed by atoms with E-state index in [9.17, 15) is 14.0 Å². The number of aryl methyl sites for hydroxylation is 1. The number of nitrogens with zero attached hydrogens (tertiary/aromatic N) is 2. The molecule has 1 atom stereocenters. The highest BCUT2D eigenvalue weighted by atomic mass is 32.1. The first kappa shape index (κ1) is 21.8. The number of halogens is 1. The molecule has 3 amide bonds. The zero-order chi connectivity index (χ0) is 22.7. The number of urea groups is 1. The minimum absolute atomic E-state index is 0.0170. The van der Waals surface area contributed by atoms with Gasteiger partial charge in [0.2, 0.25) is 5.91 Å². The number of amides is 3. The van der Waals surface area contributed by atoms with Crippen LogP contribution >= 0.6 is 11.3 Å². The molecule has 2 aromatic carbocycles. The van der Waals surface area contributed by atoms with Gasteiger partial charge >= 0.3 is 6.03 Å². The van der Waals surface area contributed by atoms with Gasteiger partial charge in [-0.3, -0.25) is 10.1 Å². The third-order valence-corrected chi connectivity index (χ3v) is 6.11. The maximum Gasteiger partial charge on any atom is 0.325 e. The molecule has 0 fully saturated rings. The number of methoxy groups -OCH3 is 1. The number of anilines is 3. The van der Waals surface area contributed by atoms with Gasteiger partial charge in [0.15, 0.2) is 5.13 Å². The molecule has 1 aliphatic rings. The number of rotatable bonds is 5. The van der Waals surface area contributed by atoms with Crippen LogP contribution in [-0.4, -0.2) is 30.1 Å². The molecule has 0 saturated carbocycles. The van der Waals surface area contributed by atoms with Crippen molar-refractivity contribution < 1.29 is 18.7 Å². The first-order valence-electron chi connectivity index (χ1n) is 10.2. The standard InChI is InChI=1S/C23H23FN4O3S/c1-14-7-8-15-11-16(24)9-10-19(15)28(14)21(29)12-17-13-32-23(25-17)27-22(30)26-18-5-3-4-6-20(18)31-2/h3-6,9-11,13-14H,7-8,12H2,1-2H3,(H2,25,26,27,30). The number of aromatic nitrogens is 1. The second-order valence-corrected chi connectivity index (χ2v) is 8.38. The first-order chi connectivity index (χ1) is 15.4. The highest BCUT2D eigenvalue weighted by Crippen LogP contribution is 2.32.